The van der Waals surface area contributed by atoms with Crippen molar-refractivity contribution in [1.82, 2.24) is 9.97 Å². The number of fused-ring (bicyclic) bond motifs is 1. The van der Waals surface area contributed by atoms with Gasteiger partial charge in [0, 0.05) is 21.5 Å². The molecule has 0 aliphatic carbocycles. The zero-order chi connectivity index (χ0) is 23.0. The van der Waals surface area contributed by atoms with Crippen molar-refractivity contribution in [3.05, 3.63) is 100 Å². The van der Waals surface area contributed by atoms with Crippen LogP contribution in [0.5, 0.6) is 0 Å². The summed E-state index contributed by atoms with van der Waals surface area (Å²) >= 11 is 13.0. The first-order chi connectivity index (χ1) is 14.8. The normalized spacial score (nSPS) is 16.8. The van der Waals surface area contributed by atoms with E-state index in [1.807, 2.05) is 13.0 Å². The van der Waals surface area contributed by atoms with Gasteiger partial charge in [0.05, 0.1) is 10.1 Å². The van der Waals surface area contributed by atoms with E-state index in [0.717, 1.165) is 12.8 Å². The Balaban J connectivity index is 0.000000315. The van der Waals surface area contributed by atoms with Crippen LogP contribution < -0.4 is 62.3 Å². The van der Waals surface area contributed by atoms with E-state index < -0.39 is 5.56 Å². The number of rotatable bonds is 6. The van der Waals surface area contributed by atoms with Crippen LogP contribution >= 0.6 is 35.0 Å². The van der Waals surface area contributed by atoms with Crippen molar-refractivity contribution in [1.29, 1.82) is 0 Å². The van der Waals surface area contributed by atoms with E-state index in [2.05, 4.69) is 73.1 Å². The van der Waals surface area contributed by atoms with Gasteiger partial charge >= 0.3 is 51.4 Å². The summed E-state index contributed by atoms with van der Waals surface area (Å²) in [6, 6.07) is 8.50. The minimum atomic E-state index is -0.393. The van der Waals surface area contributed by atoms with E-state index in [9.17, 15) is 4.79 Å². The van der Waals surface area contributed by atoms with E-state index >= 15 is 0 Å². The summed E-state index contributed by atoms with van der Waals surface area (Å²) in [6.07, 6.45) is 9.07. The van der Waals surface area contributed by atoms with Gasteiger partial charge in [-0.25, -0.2) is 0 Å². The molecule has 2 heterocycles. The van der Waals surface area contributed by atoms with Crippen LogP contribution in [0.3, 0.4) is 0 Å². The molecule has 0 amide bonds. The fourth-order valence-corrected chi connectivity index (χ4v) is 4.51. The number of aromatic nitrogens is 2. The predicted octanol–water partition coefficient (Wildman–Crippen LogP) is 3.85. The molecule has 1 aliphatic rings. The van der Waals surface area contributed by atoms with E-state index in [-0.39, 0.29) is 62.0 Å². The van der Waals surface area contributed by atoms with Crippen LogP contribution in [0.4, 0.5) is 5.69 Å². The summed E-state index contributed by atoms with van der Waals surface area (Å²) in [5, 5.41) is 4.70. The second-order valence-electron chi connectivity index (χ2n) is 6.96. The predicted molar refractivity (Wildman–Crippen MR) is 133 cm³/mol. The van der Waals surface area contributed by atoms with Gasteiger partial charge < -0.3 is 29.1 Å². The zero-order valence-electron chi connectivity index (χ0n) is 18.7. The fraction of sp³-hybridized carbons (Fsp3) is 0.250. The van der Waals surface area contributed by atoms with Crippen molar-refractivity contribution in [2.45, 2.75) is 43.2 Å². The molecule has 0 spiro atoms. The molecule has 166 valence electrons. The Morgan fingerprint density at radius 2 is 2.00 bits per heavy atom. The Bertz CT molecular complexity index is 1030. The van der Waals surface area contributed by atoms with Gasteiger partial charge in [0.25, 0.3) is 0 Å². The number of nitrogens with one attached hydrogen (secondary N) is 2. The Morgan fingerprint density at radius 1 is 1.34 bits per heavy atom. The first kappa shape index (κ1) is 29.7. The SMILES string of the molecule is C=C(Cl)/C(Cl)=C(\C=C/C)Sc1cn[c-]c(=O)[nH]1.[CH2-]CC1(C[CH2-])Nc2ccccc2[C@H]1C.[K+]. The maximum Gasteiger partial charge on any atom is 1.00 e. The van der Waals surface area contributed by atoms with Crippen LogP contribution in [-0.2, 0) is 0 Å². The summed E-state index contributed by atoms with van der Waals surface area (Å²) in [5.41, 5.74) is 2.34. The number of hydrogen-bond acceptors (Lipinski definition) is 4. The van der Waals surface area contributed by atoms with Crippen LogP contribution in [0.25, 0.3) is 0 Å². The Hall–Kier alpha value is -0.314. The molecule has 1 aliphatic heterocycles. The molecule has 0 saturated carbocycles. The van der Waals surface area contributed by atoms with Crippen LogP contribution in [0, 0.1) is 20.0 Å². The number of para-hydroxylation sites is 1. The number of halogens is 2. The number of H-pyrrole nitrogens is 1. The van der Waals surface area contributed by atoms with Gasteiger partial charge in [-0.2, -0.15) is 12.8 Å². The third-order valence-electron chi connectivity index (χ3n) is 5.11. The molecular weight excluding hydrogens is 488 g/mol. The average Bonchev–Trinajstić information content (AvgIpc) is 3.06. The molecule has 0 bridgehead atoms. The third kappa shape index (κ3) is 7.60. The third-order valence-corrected chi connectivity index (χ3v) is 6.93. The monoisotopic (exact) mass is 513 g/mol. The van der Waals surface area contributed by atoms with Gasteiger partial charge in [0.15, 0.2) is 5.56 Å². The molecule has 0 fully saturated rings. The topological polar surface area (TPSA) is 57.8 Å². The minimum Gasteiger partial charge on any atom is -0.451 e. The van der Waals surface area contributed by atoms with Crippen LogP contribution in [-0.4, -0.2) is 15.5 Å². The van der Waals surface area contributed by atoms with Crippen molar-refractivity contribution in [2.24, 2.45) is 0 Å². The molecule has 2 N–H and O–H groups in total. The second-order valence-corrected chi connectivity index (χ2v) is 8.88. The molecule has 1 atom stereocenters. The second kappa shape index (κ2) is 14.2. The van der Waals surface area contributed by atoms with Crippen LogP contribution in [0.2, 0.25) is 0 Å². The van der Waals surface area contributed by atoms with Gasteiger partial charge in [-0.05, 0) is 24.1 Å². The van der Waals surface area contributed by atoms with Gasteiger partial charge in [-0.3, -0.25) is 4.79 Å². The molecular formula is C24H26Cl2KN3OS-2. The first-order valence-corrected chi connectivity index (χ1v) is 11.3. The van der Waals surface area contributed by atoms with Gasteiger partial charge in [-0.1, -0.05) is 91.2 Å². The summed E-state index contributed by atoms with van der Waals surface area (Å²) in [7, 11) is 0. The number of nitrogens with zero attached hydrogens (tertiary/aromatic N) is 1. The molecule has 0 saturated heterocycles. The summed E-state index contributed by atoms with van der Waals surface area (Å²) in [5.74, 6) is 0.508. The smallest absolute Gasteiger partial charge is 0.451 e. The van der Waals surface area contributed by atoms with Gasteiger partial charge in [0.2, 0.25) is 0 Å². The molecule has 2 aromatic rings. The molecule has 1 aromatic carbocycles. The van der Waals surface area contributed by atoms with Crippen molar-refractivity contribution < 1.29 is 51.4 Å². The van der Waals surface area contributed by atoms with Crippen LogP contribution in [0.15, 0.2) is 74.0 Å². The Kier molecular flexibility index (Phi) is 13.2. The molecule has 32 heavy (non-hydrogen) atoms. The summed E-state index contributed by atoms with van der Waals surface area (Å²) in [4.78, 5) is 18.0. The van der Waals surface area contributed by atoms with Crippen molar-refractivity contribution >= 4 is 40.7 Å². The molecule has 8 heteroatoms. The van der Waals surface area contributed by atoms with Crippen LogP contribution in [0.1, 0.15) is 38.2 Å². The maximum atomic E-state index is 11.0. The fourth-order valence-electron chi connectivity index (χ4n) is 3.27. The van der Waals surface area contributed by atoms with E-state index in [4.69, 9.17) is 23.2 Å². The molecule has 1 aromatic heterocycles. The largest absolute Gasteiger partial charge is 1.00 e. The summed E-state index contributed by atoms with van der Waals surface area (Å²) in [6.45, 7) is 15.7. The average molecular weight is 515 g/mol. The number of benzene rings is 1. The van der Waals surface area contributed by atoms with Crippen molar-refractivity contribution in [3.8, 4) is 0 Å². The van der Waals surface area contributed by atoms with E-state index in [1.54, 1.807) is 6.08 Å². The van der Waals surface area contributed by atoms with E-state index in [1.165, 1.54) is 29.2 Å². The molecule has 0 unspecified atom stereocenters. The zero-order valence-corrected chi connectivity index (χ0v) is 24.1. The molecule has 3 rings (SSSR count). The molecule has 0 radical (unpaired) electrons. The number of anilines is 1. The Labute approximate surface area is 247 Å². The number of allylic oxidation sites excluding steroid dienone is 4. The quantitative estimate of drug-likeness (QED) is 0.266. The van der Waals surface area contributed by atoms with Crippen molar-refractivity contribution in [2.75, 3.05) is 5.32 Å². The van der Waals surface area contributed by atoms with E-state index in [0.29, 0.717) is 20.9 Å². The van der Waals surface area contributed by atoms with Gasteiger partial charge in [-0.15, -0.1) is 0 Å². The number of thioether (sulfide) groups is 1. The Morgan fingerprint density at radius 3 is 2.53 bits per heavy atom. The molecule has 4 nitrogen and oxygen atoms in total. The minimum absolute atomic E-state index is 0. The standard InChI is InChI=1S/C13H17N.C11H9Cl2N2OS.K/c1-4-13(5-2)10(3)11-8-6-7-9-12(11)14-13;1-3-4-8(11(13)7(2)12)17-10-6-14-5-9(16)15-10;/h6-10,14H,1-2,4-5H2,3H3;3-4,6H,2H2,1H3,(H,15,16);/q-2;-1;+1/b;4-3-,11-8-;/t10-;;/m1../s1. The first-order valence-electron chi connectivity index (χ1n) is 9.75. The number of hydrogen-bond donors (Lipinski definition) is 2. The van der Waals surface area contributed by atoms with Crippen molar-refractivity contribution in [3.63, 3.8) is 0 Å². The maximum absolute atomic E-state index is 11.0. The summed E-state index contributed by atoms with van der Waals surface area (Å²) < 4.78 is 0. The van der Waals surface area contributed by atoms with Gasteiger partial charge in [0.1, 0.15) is 0 Å². The number of aromatic amines is 1.